The summed E-state index contributed by atoms with van der Waals surface area (Å²) in [5, 5.41) is 6.68. The van der Waals surface area contributed by atoms with Crippen LogP contribution in [0.25, 0.3) is 0 Å². The number of amides is 1. The van der Waals surface area contributed by atoms with Crippen LogP contribution in [0.4, 0.5) is 0 Å². The number of aromatic nitrogens is 1. The molecule has 0 radical (unpaired) electrons. The van der Waals surface area contributed by atoms with E-state index in [1.807, 2.05) is 36.4 Å². The molecule has 32 heavy (non-hydrogen) atoms. The summed E-state index contributed by atoms with van der Waals surface area (Å²) >= 11 is 0. The highest BCUT2D eigenvalue weighted by Gasteiger charge is 2.15. The van der Waals surface area contributed by atoms with E-state index in [1.54, 1.807) is 32.2 Å². The molecule has 2 aromatic rings. The lowest BCUT2D eigenvalue weighted by atomic mass is 9.98. The van der Waals surface area contributed by atoms with Crippen LogP contribution in [-0.4, -0.2) is 55.5 Å². The highest BCUT2D eigenvalue weighted by Crippen LogP contribution is 2.22. The minimum absolute atomic E-state index is 0.0153. The predicted octanol–water partition coefficient (Wildman–Crippen LogP) is 3.40. The van der Waals surface area contributed by atoms with E-state index in [0.717, 1.165) is 36.3 Å². The molecule has 0 saturated heterocycles. The van der Waals surface area contributed by atoms with Gasteiger partial charge in [0.15, 0.2) is 5.96 Å². The lowest BCUT2D eigenvalue weighted by molar-refractivity contribution is 0.0827. The van der Waals surface area contributed by atoms with Crippen molar-refractivity contribution in [2.45, 2.75) is 51.2 Å². The number of aliphatic imine (C=N–C) groups is 1. The fourth-order valence-corrected chi connectivity index (χ4v) is 3.83. The number of hydrogen-bond donors (Lipinski definition) is 2. The van der Waals surface area contributed by atoms with Gasteiger partial charge in [0.1, 0.15) is 6.10 Å². The molecule has 1 fully saturated rings. The van der Waals surface area contributed by atoms with Crippen LogP contribution in [0, 0.1) is 0 Å². The standard InChI is InChI=1S/C25H35N5O2/c1-26-25(28-15-12-19-8-7-9-21(16-19)24(31)30(2)3)29-18-20-13-14-27-23(17-20)32-22-10-5-4-6-11-22/h7-9,13-14,16-17,22H,4-6,10-12,15,18H2,1-3H3,(H2,26,28,29). The van der Waals surface area contributed by atoms with Gasteiger partial charge in [-0.2, -0.15) is 0 Å². The van der Waals surface area contributed by atoms with Crippen molar-refractivity contribution in [2.75, 3.05) is 27.7 Å². The molecule has 2 N–H and O–H groups in total. The van der Waals surface area contributed by atoms with E-state index in [1.165, 1.54) is 19.3 Å². The molecule has 0 spiro atoms. The van der Waals surface area contributed by atoms with Crippen LogP contribution in [0.15, 0.2) is 47.6 Å². The first kappa shape index (κ1) is 23.6. The monoisotopic (exact) mass is 437 g/mol. The van der Waals surface area contributed by atoms with Crippen molar-refractivity contribution in [1.29, 1.82) is 0 Å². The second kappa shape index (κ2) is 12.1. The van der Waals surface area contributed by atoms with E-state index in [9.17, 15) is 4.79 Å². The Morgan fingerprint density at radius 3 is 2.69 bits per heavy atom. The summed E-state index contributed by atoms with van der Waals surface area (Å²) in [5.41, 5.74) is 2.92. The number of benzene rings is 1. The van der Waals surface area contributed by atoms with Gasteiger partial charge in [0.25, 0.3) is 5.91 Å². The third-order valence-electron chi connectivity index (χ3n) is 5.61. The zero-order valence-electron chi connectivity index (χ0n) is 19.4. The fourth-order valence-electron chi connectivity index (χ4n) is 3.83. The van der Waals surface area contributed by atoms with Crippen molar-refractivity contribution in [3.05, 3.63) is 59.3 Å². The summed E-state index contributed by atoms with van der Waals surface area (Å²) in [6.07, 6.45) is 8.91. The molecule has 1 aliphatic carbocycles. The molecule has 0 aliphatic heterocycles. The number of nitrogens with zero attached hydrogens (tertiary/aromatic N) is 3. The molecule has 1 aliphatic rings. The Hall–Kier alpha value is -3.09. The fraction of sp³-hybridized carbons (Fsp3) is 0.480. The molecule has 1 saturated carbocycles. The molecule has 172 valence electrons. The van der Waals surface area contributed by atoms with Gasteiger partial charge in [0.2, 0.25) is 5.88 Å². The maximum absolute atomic E-state index is 12.1. The number of ether oxygens (including phenoxy) is 1. The number of carbonyl (C=O) groups is 1. The molecular formula is C25H35N5O2. The van der Waals surface area contributed by atoms with Gasteiger partial charge in [-0.25, -0.2) is 4.98 Å². The molecule has 7 heteroatoms. The van der Waals surface area contributed by atoms with Crippen molar-refractivity contribution in [1.82, 2.24) is 20.5 Å². The maximum Gasteiger partial charge on any atom is 0.253 e. The molecule has 0 bridgehead atoms. The Bertz CT molecular complexity index is 907. The number of rotatable bonds is 8. The first-order valence-electron chi connectivity index (χ1n) is 11.4. The average Bonchev–Trinajstić information content (AvgIpc) is 2.82. The topological polar surface area (TPSA) is 78.9 Å². The van der Waals surface area contributed by atoms with Crippen LogP contribution in [0.3, 0.4) is 0 Å². The molecule has 1 aromatic heterocycles. The third-order valence-corrected chi connectivity index (χ3v) is 5.61. The minimum atomic E-state index is 0.0153. The summed E-state index contributed by atoms with van der Waals surface area (Å²) in [4.78, 5) is 22.4. The average molecular weight is 438 g/mol. The molecule has 0 atom stereocenters. The Labute approximate surface area is 191 Å². The van der Waals surface area contributed by atoms with Crippen LogP contribution in [0.5, 0.6) is 5.88 Å². The quantitative estimate of drug-likeness (QED) is 0.489. The van der Waals surface area contributed by atoms with Crippen molar-refractivity contribution in [3.8, 4) is 5.88 Å². The second-order valence-corrected chi connectivity index (χ2v) is 8.38. The van der Waals surface area contributed by atoms with Crippen molar-refractivity contribution in [3.63, 3.8) is 0 Å². The van der Waals surface area contributed by atoms with Gasteiger partial charge >= 0.3 is 0 Å². The largest absolute Gasteiger partial charge is 0.474 e. The number of nitrogens with one attached hydrogen (secondary N) is 2. The summed E-state index contributed by atoms with van der Waals surface area (Å²) in [5.74, 6) is 1.45. The van der Waals surface area contributed by atoms with Crippen LogP contribution in [0.2, 0.25) is 0 Å². The highest BCUT2D eigenvalue weighted by molar-refractivity contribution is 5.94. The molecule has 3 rings (SSSR count). The molecule has 7 nitrogen and oxygen atoms in total. The number of hydrogen-bond acceptors (Lipinski definition) is 4. The molecule has 0 unspecified atom stereocenters. The Morgan fingerprint density at radius 1 is 1.12 bits per heavy atom. The van der Waals surface area contributed by atoms with Gasteiger partial charge in [0, 0.05) is 52.1 Å². The van der Waals surface area contributed by atoms with Crippen molar-refractivity contribution >= 4 is 11.9 Å². The van der Waals surface area contributed by atoms with Crippen molar-refractivity contribution in [2.24, 2.45) is 4.99 Å². The number of guanidine groups is 1. The first-order valence-corrected chi connectivity index (χ1v) is 11.4. The highest BCUT2D eigenvalue weighted by atomic mass is 16.5. The smallest absolute Gasteiger partial charge is 0.253 e. The predicted molar refractivity (Wildman–Crippen MR) is 128 cm³/mol. The van der Waals surface area contributed by atoms with E-state index in [-0.39, 0.29) is 5.91 Å². The summed E-state index contributed by atoms with van der Waals surface area (Å²) in [6.45, 7) is 1.35. The number of pyridine rings is 1. The van der Waals surface area contributed by atoms with Gasteiger partial charge < -0.3 is 20.3 Å². The second-order valence-electron chi connectivity index (χ2n) is 8.38. The van der Waals surface area contributed by atoms with Gasteiger partial charge in [0.05, 0.1) is 0 Å². The molecule has 1 aromatic carbocycles. The summed E-state index contributed by atoms with van der Waals surface area (Å²) < 4.78 is 6.07. The Balaban J connectivity index is 1.46. The molecular weight excluding hydrogens is 402 g/mol. The van der Waals surface area contributed by atoms with E-state index < -0.39 is 0 Å². The molecule has 1 heterocycles. The van der Waals surface area contributed by atoms with Crippen LogP contribution < -0.4 is 15.4 Å². The zero-order valence-corrected chi connectivity index (χ0v) is 19.4. The van der Waals surface area contributed by atoms with E-state index >= 15 is 0 Å². The van der Waals surface area contributed by atoms with Gasteiger partial charge in [-0.15, -0.1) is 0 Å². The van der Waals surface area contributed by atoms with Gasteiger partial charge in [-0.1, -0.05) is 18.6 Å². The van der Waals surface area contributed by atoms with Crippen LogP contribution >= 0.6 is 0 Å². The Morgan fingerprint density at radius 2 is 1.94 bits per heavy atom. The van der Waals surface area contributed by atoms with E-state index in [2.05, 4.69) is 20.6 Å². The van der Waals surface area contributed by atoms with Gasteiger partial charge in [-0.3, -0.25) is 9.79 Å². The van der Waals surface area contributed by atoms with Gasteiger partial charge in [-0.05, 0) is 61.4 Å². The maximum atomic E-state index is 12.1. The minimum Gasteiger partial charge on any atom is -0.474 e. The van der Waals surface area contributed by atoms with Crippen LogP contribution in [-0.2, 0) is 13.0 Å². The van der Waals surface area contributed by atoms with Crippen LogP contribution in [0.1, 0.15) is 53.6 Å². The third kappa shape index (κ3) is 7.25. The summed E-state index contributed by atoms with van der Waals surface area (Å²) in [6, 6.07) is 11.7. The number of carbonyl (C=O) groups excluding carboxylic acids is 1. The van der Waals surface area contributed by atoms with E-state index in [0.29, 0.717) is 30.6 Å². The normalized spacial score (nSPS) is 14.7. The summed E-state index contributed by atoms with van der Waals surface area (Å²) in [7, 11) is 5.29. The molecule has 1 amide bonds. The lowest BCUT2D eigenvalue weighted by Gasteiger charge is -2.22. The lowest BCUT2D eigenvalue weighted by Crippen LogP contribution is -2.37. The van der Waals surface area contributed by atoms with E-state index in [4.69, 9.17) is 4.74 Å². The SMILES string of the molecule is CN=C(NCCc1cccc(C(=O)N(C)C)c1)NCc1ccnc(OC2CCCCC2)c1. The first-order chi connectivity index (χ1) is 15.5. The zero-order chi connectivity index (χ0) is 22.8. The van der Waals surface area contributed by atoms with Crippen molar-refractivity contribution < 1.29 is 9.53 Å². The Kier molecular flexibility index (Phi) is 8.90.